The fourth-order valence-electron chi connectivity index (χ4n) is 4.15. The number of allylic oxidation sites excluding steroid dienone is 1. The summed E-state index contributed by atoms with van der Waals surface area (Å²) < 4.78 is 24.9. The standard InChI is InChI=1S/C27H23Br2N3O6S/c1-5-37-26(34)23-14(2)31-27-32(24(23)16-12-20(35-3)21(36-4)13-17(16)28)25(33)22(39-27)11-15-6-7-19(18(29)10-15)38-9-8-30/h6-7,10-13,24H,5,9H2,1-4H3/b22-11-/t24-/m1/s1. The molecule has 0 saturated heterocycles. The van der Waals surface area contributed by atoms with Gasteiger partial charge in [-0.1, -0.05) is 33.3 Å². The van der Waals surface area contributed by atoms with Crippen molar-refractivity contribution in [2.24, 2.45) is 4.99 Å². The molecule has 0 unspecified atom stereocenters. The highest BCUT2D eigenvalue weighted by atomic mass is 79.9. The van der Waals surface area contributed by atoms with E-state index >= 15 is 0 Å². The van der Waals surface area contributed by atoms with Crippen molar-refractivity contribution < 1.29 is 23.7 Å². The van der Waals surface area contributed by atoms with Crippen molar-refractivity contribution in [3.63, 3.8) is 0 Å². The van der Waals surface area contributed by atoms with Crippen LogP contribution < -0.4 is 29.1 Å². The summed E-state index contributed by atoms with van der Waals surface area (Å²) in [5.74, 6) is 0.894. The monoisotopic (exact) mass is 675 g/mol. The Morgan fingerprint density at radius 3 is 2.51 bits per heavy atom. The molecule has 12 heteroatoms. The number of esters is 1. The Labute approximate surface area is 244 Å². The van der Waals surface area contributed by atoms with Gasteiger partial charge in [-0.05, 0) is 71.2 Å². The number of halogens is 2. The van der Waals surface area contributed by atoms with Gasteiger partial charge in [-0.15, -0.1) is 0 Å². The van der Waals surface area contributed by atoms with Crippen LogP contribution in [0.1, 0.15) is 31.0 Å². The zero-order valence-corrected chi connectivity index (χ0v) is 25.4. The molecule has 4 rings (SSSR count). The van der Waals surface area contributed by atoms with E-state index in [2.05, 4.69) is 36.9 Å². The van der Waals surface area contributed by atoms with Gasteiger partial charge in [-0.2, -0.15) is 5.26 Å². The summed E-state index contributed by atoms with van der Waals surface area (Å²) in [5.41, 5.74) is 1.74. The number of nitriles is 1. The molecule has 9 nitrogen and oxygen atoms in total. The van der Waals surface area contributed by atoms with Gasteiger partial charge in [0, 0.05) is 4.47 Å². The molecule has 1 atom stereocenters. The second kappa shape index (κ2) is 12.2. The first-order valence-corrected chi connectivity index (χ1v) is 14.0. The maximum atomic E-state index is 13.9. The van der Waals surface area contributed by atoms with E-state index in [1.165, 1.54) is 30.1 Å². The molecule has 0 radical (unpaired) electrons. The summed E-state index contributed by atoms with van der Waals surface area (Å²) in [6.45, 7) is 3.54. The largest absolute Gasteiger partial charge is 0.493 e. The van der Waals surface area contributed by atoms with Crippen LogP contribution in [0, 0.1) is 11.3 Å². The van der Waals surface area contributed by atoms with Crippen LogP contribution in [-0.4, -0.2) is 38.0 Å². The highest BCUT2D eigenvalue weighted by molar-refractivity contribution is 9.10. The summed E-state index contributed by atoms with van der Waals surface area (Å²) in [7, 11) is 3.05. The molecule has 1 aromatic heterocycles. The molecule has 0 bridgehead atoms. The van der Waals surface area contributed by atoms with E-state index in [1.54, 1.807) is 50.3 Å². The van der Waals surface area contributed by atoms with Crippen molar-refractivity contribution in [3.8, 4) is 23.3 Å². The molecule has 1 aliphatic rings. The summed E-state index contributed by atoms with van der Waals surface area (Å²) in [6.07, 6.45) is 1.74. The SMILES string of the molecule is CCOC(=O)C1=C(C)N=c2s/c(=C\c3ccc(OCC#N)c(Br)c3)c(=O)n2[C@@H]1c1cc(OC)c(OC)cc1Br. The van der Waals surface area contributed by atoms with E-state index < -0.39 is 12.0 Å². The highest BCUT2D eigenvalue weighted by Gasteiger charge is 2.35. The lowest BCUT2D eigenvalue weighted by molar-refractivity contribution is -0.139. The molecule has 3 aromatic rings. The lowest BCUT2D eigenvalue weighted by Gasteiger charge is -2.26. The van der Waals surface area contributed by atoms with Gasteiger partial charge in [0.2, 0.25) is 0 Å². The first kappa shape index (κ1) is 28.6. The Morgan fingerprint density at radius 1 is 1.15 bits per heavy atom. The topological polar surface area (TPSA) is 112 Å². The van der Waals surface area contributed by atoms with E-state index in [9.17, 15) is 9.59 Å². The number of hydrogen-bond acceptors (Lipinski definition) is 9. The molecule has 0 fully saturated rings. The van der Waals surface area contributed by atoms with Crippen LogP contribution >= 0.6 is 43.2 Å². The average molecular weight is 677 g/mol. The first-order valence-electron chi connectivity index (χ1n) is 11.6. The van der Waals surface area contributed by atoms with Gasteiger partial charge in [-0.3, -0.25) is 9.36 Å². The number of carbonyl (C=O) groups excluding carboxylic acids is 1. The summed E-state index contributed by atoms with van der Waals surface area (Å²) in [5, 5.41) is 8.77. The average Bonchev–Trinajstić information content (AvgIpc) is 3.21. The van der Waals surface area contributed by atoms with Gasteiger partial charge in [0.15, 0.2) is 22.9 Å². The van der Waals surface area contributed by atoms with Crippen LogP contribution in [-0.2, 0) is 9.53 Å². The van der Waals surface area contributed by atoms with Gasteiger partial charge in [0.05, 0.1) is 47.1 Å². The molecule has 1 aliphatic heterocycles. The lowest BCUT2D eigenvalue weighted by atomic mass is 9.95. The van der Waals surface area contributed by atoms with Crippen LogP contribution in [0.25, 0.3) is 6.08 Å². The van der Waals surface area contributed by atoms with Gasteiger partial charge in [0.1, 0.15) is 11.8 Å². The highest BCUT2D eigenvalue weighted by Crippen LogP contribution is 2.40. The van der Waals surface area contributed by atoms with Crippen molar-refractivity contribution in [2.75, 3.05) is 27.4 Å². The summed E-state index contributed by atoms with van der Waals surface area (Å²) in [4.78, 5) is 32.1. The van der Waals surface area contributed by atoms with Gasteiger partial charge < -0.3 is 18.9 Å². The molecule has 0 amide bonds. The molecule has 202 valence electrons. The number of methoxy groups -OCH3 is 2. The third kappa shape index (κ3) is 5.66. The Balaban J connectivity index is 1.94. The fourth-order valence-corrected chi connectivity index (χ4v) is 6.25. The van der Waals surface area contributed by atoms with E-state index in [4.69, 9.17) is 24.2 Å². The number of thiazole rings is 1. The minimum absolute atomic E-state index is 0.0790. The normalized spacial score (nSPS) is 14.8. The predicted molar refractivity (Wildman–Crippen MR) is 153 cm³/mol. The molecular formula is C27H23Br2N3O6S. The molecule has 2 aromatic carbocycles. The van der Waals surface area contributed by atoms with E-state index in [0.717, 1.165) is 5.56 Å². The Hall–Kier alpha value is -3.40. The Kier molecular flexibility index (Phi) is 8.94. The molecule has 0 aliphatic carbocycles. The maximum absolute atomic E-state index is 13.9. The minimum Gasteiger partial charge on any atom is -0.493 e. The smallest absolute Gasteiger partial charge is 0.338 e. The Morgan fingerprint density at radius 2 is 1.87 bits per heavy atom. The van der Waals surface area contributed by atoms with Crippen molar-refractivity contribution >= 4 is 55.2 Å². The van der Waals surface area contributed by atoms with Crippen LogP contribution in [0.15, 0.2) is 60.3 Å². The first-order chi connectivity index (χ1) is 18.7. The van der Waals surface area contributed by atoms with E-state index in [0.29, 0.717) is 46.8 Å². The third-order valence-corrected chi connectivity index (χ3v) is 8.15. The Bertz CT molecular complexity index is 1700. The van der Waals surface area contributed by atoms with Gasteiger partial charge in [0.25, 0.3) is 5.56 Å². The van der Waals surface area contributed by atoms with E-state index in [-0.39, 0.29) is 24.3 Å². The number of rotatable bonds is 8. The minimum atomic E-state index is -0.829. The molecule has 2 heterocycles. The molecule has 0 spiro atoms. The van der Waals surface area contributed by atoms with Gasteiger partial charge in [-0.25, -0.2) is 9.79 Å². The number of hydrogen-bond donors (Lipinski definition) is 0. The van der Waals surface area contributed by atoms with Gasteiger partial charge >= 0.3 is 5.97 Å². The van der Waals surface area contributed by atoms with Crippen molar-refractivity contribution in [3.05, 3.63) is 81.4 Å². The fraction of sp³-hybridized carbons (Fsp3) is 0.259. The zero-order chi connectivity index (χ0) is 28.3. The predicted octanol–water partition coefficient (Wildman–Crippen LogP) is 4.24. The second-order valence-corrected chi connectivity index (χ2v) is 10.9. The molecular weight excluding hydrogens is 654 g/mol. The third-order valence-electron chi connectivity index (χ3n) is 5.86. The van der Waals surface area contributed by atoms with Crippen LogP contribution in [0.2, 0.25) is 0 Å². The lowest BCUT2D eigenvalue weighted by Crippen LogP contribution is -2.40. The maximum Gasteiger partial charge on any atom is 0.338 e. The van der Waals surface area contributed by atoms with Crippen LogP contribution in [0.3, 0.4) is 0 Å². The zero-order valence-electron chi connectivity index (χ0n) is 21.4. The number of nitrogens with zero attached hydrogens (tertiary/aromatic N) is 3. The van der Waals surface area contributed by atoms with Crippen LogP contribution in [0.4, 0.5) is 0 Å². The number of ether oxygens (including phenoxy) is 4. The van der Waals surface area contributed by atoms with Crippen molar-refractivity contribution in [1.29, 1.82) is 5.26 Å². The van der Waals surface area contributed by atoms with Crippen LogP contribution in [0.5, 0.6) is 17.2 Å². The molecule has 0 saturated carbocycles. The second-order valence-electron chi connectivity index (χ2n) is 8.17. The van der Waals surface area contributed by atoms with Crippen molar-refractivity contribution in [1.82, 2.24) is 4.57 Å². The summed E-state index contributed by atoms with van der Waals surface area (Å²) >= 11 is 8.26. The number of benzene rings is 2. The van der Waals surface area contributed by atoms with Crippen molar-refractivity contribution in [2.45, 2.75) is 19.9 Å². The number of fused-ring (bicyclic) bond motifs is 1. The van der Waals surface area contributed by atoms with E-state index in [1.807, 2.05) is 6.07 Å². The molecule has 0 N–H and O–H groups in total. The quantitative estimate of drug-likeness (QED) is 0.328. The number of aromatic nitrogens is 1. The molecule has 39 heavy (non-hydrogen) atoms. The number of carbonyl (C=O) groups is 1. The summed E-state index contributed by atoms with van der Waals surface area (Å²) in [6, 6.07) is 9.87.